The van der Waals surface area contributed by atoms with E-state index in [1.54, 1.807) is 0 Å². The molecule has 0 fully saturated rings. The molecule has 0 aliphatic heterocycles. The quantitative estimate of drug-likeness (QED) is 0.388. The highest BCUT2D eigenvalue weighted by Gasteiger charge is 2.34. The second kappa shape index (κ2) is 7.20. The maximum absolute atomic E-state index is 2.48. The molecule has 0 radical (unpaired) electrons. The fraction of sp³-hybridized carbons (Fsp3) is 0.375. The lowest BCUT2D eigenvalue weighted by atomic mass is 9.81. The van der Waals surface area contributed by atoms with Crippen LogP contribution in [0.25, 0.3) is 17.2 Å². The Labute approximate surface area is 194 Å². The van der Waals surface area contributed by atoms with Crippen LogP contribution < -0.4 is 0 Å². The molecule has 0 spiro atoms. The third-order valence-corrected chi connectivity index (χ3v) is 7.66. The van der Waals surface area contributed by atoms with Crippen LogP contribution in [0.15, 0.2) is 66.2 Å². The summed E-state index contributed by atoms with van der Waals surface area (Å²) in [6, 6.07) is 23.5. The van der Waals surface area contributed by atoms with Gasteiger partial charge in [-0.3, -0.25) is 0 Å². The first-order valence-corrected chi connectivity index (χ1v) is 12.1. The van der Waals surface area contributed by atoms with Gasteiger partial charge in [-0.15, -0.1) is 0 Å². The van der Waals surface area contributed by atoms with E-state index in [-0.39, 0.29) is 10.8 Å². The van der Waals surface area contributed by atoms with Crippen molar-refractivity contribution < 1.29 is 0 Å². The van der Waals surface area contributed by atoms with Crippen LogP contribution in [0.4, 0.5) is 0 Å². The van der Waals surface area contributed by atoms with Gasteiger partial charge < -0.3 is 0 Å². The lowest BCUT2D eigenvalue weighted by molar-refractivity contribution is 0.589. The first-order chi connectivity index (χ1) is 15.0. The minimum Gasteiger partial charge on any atom is -0.0652 e. The van der Waals surface area contributed by atoms with E-state index in [0.717, 1.165) is 6.42 Å². The fourth-order valence-corrected chi connectivity index (χ4v) is 5.64. The van der Waals surface area contributed by atoms with Crippen LogP contribution in [0.1, 0.15) is 100 Å². The molecule has 0 aromatic heterocycles. The molecule has 2 aliphatic rings. The smallest absolute Gasteiger partial charge is 0.0111 e. The van der Waals surface area contributed by atoms with Gasteiger partial charge in [0.1, 0.15) is 0 Å². The summed E-state index contributed by atoms with van der Waals surface area (Å²) in [6.07, 6.45) is 3.53. The standard InChI is InChI=1S/C32H36/c1-20-16-21-10-8-9-11-24(21)27(20)19-30-25-14-12-22(31(2,3)4)17-28(25)29-18-23(32(5,6)7)13-15-26(29)30/h8-18,27,30H,19H2,1-7H3. The molecule has 0 heteroatoms. The van der Waals surface area contributed by atoms with E-state index >= 15 is 0 Å². The summed E-state index contributed by atoms with van der Waals surface area (Å²) in [7, 11) is 0. The van der Waals surface area contributed by atoms with Gasteiger partial charge in [0.2, 0.25) is 0 Å². The molecule has 0 saturated carbocycles. The van der Waals surface area contributed by atoms with Crippen molar-refractivity contribution in [1.29, 1.82) is 0 Å². The first kappa shape index (κ1) is 21.3. The molecule has 0 nitrogen and oxygen atoms in total. The summed E-state index contributed by atoms with van der Waals surface area (Å²) < 4.78 is 0. The van der Waals surface area contributed by atoms with Crippen LogP contribution in [0.5, 0.6) is 0 Å². The zero-order chi connectivity index (χ0) is 22.8. The second-order valence-electron chi connectivity index (χ2n) is 12.0. The highest BCUT2D eigenvalue weighted by Crippen LogP contribution is 2.52. The van der Waals surface area contributed by atoms with Gasteiger partial charge in [-0.25, -0.2) is 0 Å². The van der Waals surface area contributed by atoms with Crippen molar-refractivity contribution in [3.63, 3.8) is 0 Å². The Balaban J connectivity index is 1.64. The minimum atomic E-state index is 0.151. The summed E-state index contributed by atoms with van der Waals surface area (Å²) in [4.78, 5) is 0. The molecule has 2 aliphatic carbocycles. The largest absolute Gasteiger partial charge is 0.0652 e. The molecular weight excluding hydrogens is 384 g/mol. The van der Waals surface area contributed by atoms with Crippen LogP contribution in [-0.4, -0.2) is 0 Å². The van der Waals surface area contributed by atoms with Crippen molar-refractivity contribution in [2.75, 3.05) is 0 Å². The van der Waals surface area contributed by atoms with Crippen LogP contribution in [0, 0.1) is 0 Å². The molecule has 3 aromatic rings. The zero-order valence-electron chi connectivity index (χ0n) is 20.7. The van der Waals surface area contributed by atoms with Gasteiger partial charge in [0, 0.05) is 11.8 Å². The van der Waals surface area contributed by atoms with E-state index in [1.165, 1.54) is 50.1 Å². The Kier molecular flexibility index (Phi) is 4.79. The maximum Gasteiger partial charge on any atom is 0.0111 e. The predicted molar refractivity (Wildman–Crippen MR) is 139 cm³/mol. The second-order valence-corrected chi connectivity index (χ2v) is 12.0. The van der Waals surface area contributed by atoms with Gasteiger partial charge in [-0.2, -0.15) is 0 Å². The molecule has 0 bridgehead atoms. The summed E-state index contributed by atoms with van der Waals surface area (Å²) in [5.41, 5.74) is 13.5. The molecular formula is C32H36. The molecule has 1 unspecified atom stereocenters. The summed E-state index contributed by atoms with van der Waals surface area (Å²) in [6.45, 7) is 16.2. The van der Waals surface area contributed by atoms with Crippen molar-refractivity contribution >= 4 is 6.08 Å². The SMILES string of the molecule is CC1=Cc2ccccc2C1CC1c2ccc(C(C)(C)C)cc2-c2cc(C(C)(C)C)ccc21. The summed E-state index contributed by atoms with van der Waals surface area (Å²) in [5, 5.41) is 0. The molecule has 0 saturated heterocycles. The van der Waals surface area contributed by atoms with Gasteiger partial charge >= 0.3 is 0 Å². The predicted octanol–water partition coefficient (Wildman–Crippen LogP) is 8.98. The van der Waals surface area contributed by atoms with Crippen molar-refractivity contribution in [3.8, 4) is 11.1 Å². The number of hydrogen-bond donors (Lipinski definition) is 0. The van der Waals surface area contributed by atoms with Gasteiger partial charge in [0.25, 0.3) is 0 Å². The van der Waals surface area contributed by atoms with Crippen LogP contribution in [0.2, 0.25) is 0 Å². The molecule has 0 amide bonds. The van der Waals surface area contributed by atoms with Gasteiger partial charge in [0.05, 0.1) is 0 Å². The summed E-state index contributed by atoms with van der Waals surface area (Å²) >= 11 is 0. The Morgan fingerprint density at radius 2 is 1.16 bits per heavy atom. The molecule has 3 aromatic carbocycles. The molecule has 32 heavy (non-hydrogen) atoms. The van der Waals surface area contributed by atoms with Crippen LogP contribution in [0.3, 0.4) is 0 Å². The average molecular weight is 421 g/mol. The minimum absolute atomic E-state index is 0.151. The van der Waals surface area contributed by atoms with E-state index in [2.05, 4.69) is 115 Å². The van der Waals surface area contributed by atoms with E-state index in [0.29, 0.717) is 11.8 Å². The molecule has 1 atom stereocenters. The molecule has 5 rings (SSSR count). The van der Waals surface area contributed by atoms with Crippen molar-refractivity contribution in [1.82, 2.24) is 0 Å². The van der Waals surface area contributed by atoms with E-state index in [9.17, 15) is 0 Å². The first-order valence-electron chi connectivity index (χ1n) is 12.1. The number of rotatable bonds is 2. The number of allylic oxidation sites excluding steroid dienone is 1. The topological polar surface area (TPSA) is 0 Å². The normalized spacial score (nSPS) is 17.7. The Hall–Kier alpha value is -2.60. The summed E-state index contributed by atoms with van der Waals surface area (Å²) in [5.74, 6) is 0.946. The van der Waals surface area contributed by atoms with Gasteiger partial charge in [-0.05, 0) is 68.7 Å². The Morgan fingerprint density at radius 1 is 0.625 bits per heavy atom. The van der Waals surface area contributed by atoms with Crippen molar-refractivity contribution in [2.24, 2.45) is 0 Å². The number of hydrogen-bond acceptors (Lipinski definition) is 0. The van der Waals surface area contributed by atoms with E-state index in [4.69, 9.17) is 0 Å². The monoisotopic (exact) mass is 420 g/mol. The zero-order valence-corrected chi connectivity index (χ0v) is 20.7. The number of fused-ring (bicyclic) bond motifs is 4. The third-order valence-electron chi connectivity index (χ3n) is 7.66. The Bertz CT molecular complexity index is 1160. The maximum atomic E-state index is 2.48. The Morgan fingerprint density at radius 3 is 1.69 bits per heavy atom. The lowest BCUT2D eigenvalue weighted by Gasteiger charge is -2.23. The molecule has 0 heterocycles. The van der Waals surface area contributed by atoms with E-state index < -0.39 is 0 Å². The average Bonchev–Trinajstić information content (AvgIpc) is 3.21. The molecule has 0 N–H and O–H groups in total. The van der Waals surface area contributed by atoms with Crippen LogP contribution in [-0.2, 0) is 10.8 Å². The van der Waals surface area contributed by atoms with Crippen molar-refractivity contribution in [3.05, 3.63) is 99.6 Å². The highest BCUT2D eigenvalue weighted by atomic mass is 14.4. The van der Waals surface area contributed by atoms with Crippen LogP contribution >= 0.6 is 0 Å². The van der Waals surface area contributed by atoms with Gasteiger partial charge in [0.15, 0.2) is 0 Å². The van der Waals surface area contributed by atoms with E-state index in [1.807, 2.05) is 0 Å². The number of benzene rings is 3. The van der Waals surface area contributed by atoms with Crippen molar-refractivity contribution in [2.45, 2.75) is 77.6 Å². The molecule has 164 valence electrons. The third kappa shape index (κ3) is 3.45. The fourth-order valence-electron chi connectivity index (χ4n) is 5.64. The highest BCUT2D eigenvalue weighted by molar-refractivity contribution is 5.80. The lowest BCUT2D eigenvalue weighted by Crippen LogP contribution is -2.11. The van der Waals surface area contributed by atoms with Gasteiger partial charge in [-0.1, -0.05) is 114 Å².